The zero-order chi connectivity index (χ0) is 22.1. The molecule has 0 fully saturated rings. The first-order valence-electron chi connectivity index (χ1n) is 9.44. The van der Waals surface area contributed by atoms with Crippen LogP contribution >= 0.6 is 0 Å². The lowest BCUT2D eigenvalue weighted by Crippen LogP contribution is -2.35. The third-order valence-corrected chi connectivity index (χ3v) is 6.17. The van der Waals surface area contributed by atoms with Crippen LogP contribution in [0.3, 0.4) is 0 Å². The van der Waals surface area contributed by atoms with Crippen molar-refractivity contribution in [2.24, 2.45) is 0 Å². The molecule has 2 rings (SSSR count). The summed E-state index contributed by atoms with van der Waals surface area (Å²) in [5, 5.41) is 5.39. The van der Waals surface area contributed by atoms with Gasteiger partial charge in [-0.2, -0.15) is 4.31 Å². The molecule has 0 unspecified atom stereocenters. The van der Waals surface area contributed by atoms with Crippen LogP contribution in [0.1, 0.15) is 22.3 Å². The Bertz CT molecular complexity index is 974. The van der Waals surface area contributed by atoms with Crippen LogP contribution < -0.4 is 10.6 Å². The lowest BCUT2D eigenvalue weighted by molar-refractivity contribution is -0.116. The topological polar surface area (TPSA) is 105 Å². The molecule has 0 radical (unpaired) electrons. The molecule has 2 amide bonds. The van der Waals surface area contributed by atoms with Crippen LogP contribution in [-0.4, -0.2) is 58.4 Å². The average molecular weight is 434 g/mol. The second-order valence-corrected chi connectivity index (χ2v) is 8.82. The van der Waals surface area contributed by atoms with Gasteiger partial charge in [-0.15, -0.1) is 0 Å². The van der Waals surface area contributed by atoms with Gasteiger partial charge < -0.3 is 15.4 Å². The van der Waals surface area contributed by atoms with Crippen molar-refractivity contribution >= 4 is 27.5 Å². The predicted octanol–water partition coefficient (Wildman–Crippen LogP) is 2.02. The molecule has 0 aromatic heterocycles. The van der Waals surface area contributed by atoms with E-state index >= 15 is 0 Å². The van der Waals surface area contributed by atoms with Crippen molar-refractivity contribution in [2.75, 3.05) is 39.2 Å². The van der Waals surface area contributed by atoms with E-state index < -0.39 is 15.9 Å². The maximum Gasteiger partial charge on any atom is 0.253 e. The average Bonchev–Trinajstić information content (AvgIpc) is 2.71. The van der Waals surface area contributed by atoms with Crippen LogP contribution in [0.2, 0.25) is 0 Å². The Morgan fingerprint density at radius 2 is 1.73 bits per heavy atom. The Hall–Kier alpha value is -2.75. The molecule has 0 saturated heterocycles. The van der Waals surface area contributed by atoms with E-state index in [4.69, 9.17) is 4.74 Å². The molecule has 8 nitrogen and oxygen atoms in total. The maximum atomic E-state index is 12.6. The summed E-state index contributed by atoms with van der Waals surface area (Å²) in [6.45, 7) is 2.44. The number of benzene rings is 2. The fraction of sp³-hybridized carbons (Fsp3) is 0.333. The molecule has 0 atom stereocenters. The minimum Gasteiger partial charge on any atom is -0.385 e. The van der Waals surface area contributed by atoms with E-state index in [-0.39, 0.29) is 17.3 Å². The molecule has 0 aliphatic rings. The Kier molecular flexibility index (Phi) is 8.52. The van der Waals surface area contributed by atoms with E-state index in [0.717, 1.165) is 9.87 Å². The van der Waals surface area contributed by atoms with Crippen LogP contribution in [0.4, 0.5) is 5.69 Å². The number of anilines is 1. The Morgan fingerprint density at radius 1 is 1.07 bits per heavy atom. The molecule has 0 aliphatic carbocycles. The van der Waals surface area contributed by atoms with Gasteiger partial charge in [0, 0.05) is 27.3 Å². The highest BCUT2D eigenvalue weighted by atomic mass is 32.2. The highest BCUT2D eigenvalue weighted by Gasteiger charge is 2.23. The van der Waals surface area contributed by atoms with Crippen molar-refractivity contribution in [2.45, 2.75) is 18.2 Å². The SMILES string of the molecule is COCCCNC(=O)c1ccccc1NC(=O)CN(C)S(=O)(=O)c1ccc(C)cc1. The number of nitrogens with zero attached hydrogens (tertiary/aromatic N) is 1. The first-order valence-corrected chi connectivity index (χ1v) is 10.9. The van der Waals surface area contributed by atoms with Gasteiger partial charge >= 0.3 is 0 Å². The number of para-hydroxylation sites is 1. The number of hydrogen-bond donors (Lipinski definition) is 2. The normalized spacial score (nSPS) is 11.3. The molecule has 0 saturated carbocycles. The zero-order valence-corrected chi connectivity index (χ0v) is 18.2. The molecular weight excluding hydrogens is 406 g/mol. The van der Waals surface area contributed by atoms with E-state index in [1.165, 1.54) is 19.2 Å². The van der Waals surface area contributed by atoms with Crippen molar-refractivity contribution in [1.29, 1.82) is 0 Å². The number of likely N-dealkylation sites (N-methyl/N-ethyl adjacent to an activating group) is 1. The van der Waals surface area contributed by atoms with Crippen molar-refractivity contribution in [3.63, 3.8) is 0 Å². The summed E-state index contributed by atoms with van der Waals surface area (Å²) in [5.41, 5.74) is 1.55. The van der Waals surface area contributed by atoms with Crippen LogP contribution in [-0.2, 0) is 19.6 Å². The molecule has 162 valence electrons. The number of rotatable bonds is 10. The highest BCUT2D eigenvalue weighted by Crippen LogP contribution is 2.17. The molecule has 0 bridgehead atoms. The van der Waals surface area contributed by atoms with Gasteiger partial charge in [-0.05, 0) is 37.6 Å². The quantitative estimate of drug-likeness (QED) is 0.558. The van der Waals surface area contributed by atoms with Crippen LogP contribution in [0.15, 0.2) is 53.4 Å². The third-order valence-electron chi connectivity index (χ3n) is 4.35. The summed E-state index contributed by atoms with van der Waals surface area (Å²) in [6, 6.07) is 13.0. The van der Waals surface area contributed by atoms with Gasteiger partial charge in [-0.25, -0.2) is 8.42 Å². The largest absolute Gasteiger partial charge is 0.385 e. The van der Waals surface area contributed by atoms with Crippen molar-refractivity contribution in [3.05, 3.63) is 59.7 Å². The summed E-state index contributed by atoms with van der Waals surface area (Å²) >= 11 is 0. The maximum absolute atomic E-state index is 12.6. The summed E-state index contributed by atoms with van der Waals surface area (Å²) in [7, 11) is -0.883. The number of methoxy groups -OCH3 is 1. The minimum absolute atomic E-state index is 0.110. The molecule has 2 aromatic carbocycles. The first kappa shape index (κ1) is 23.5. The number of aryl methyl sites for hydroxylation is 1. The van der Waals surface area contributed by atoms with Gasteiger partial charge in [-0.1, -0.05) is 29.8 Å². The summed E-state index contributed by atoms with van der Waals surface area (Å²) in [5.74, 6) is -0.879. The van der Waals surface area contributed by atoms with E-state index in [9.17, 15) is 18.0 Å². The molecule has 2 aromatic rings. The molecule has 0 heterocycles. The van der Waals surface area contributed by atoms with E-state index in [0.29, 0.717) is 30.8 Å². The van der Waals surface area contributed by atoms with Gasteiger partial charge in [0.15, 0.2) is 0 Å². The summed E-state index contributed by atoms with van der Waals surface area (Å²) in [6.07, 6.45) is 0.665. The first-order chi connectivity index (χ1) is 14.3. The summed E-state index contributed by atoms with van der Waals surface area (Å²) < 4.78 is 31.2. The molecular formula is C21H27N3O5S. The van der Waals surface area contributed by atoms with Gasteiger partial charge in [0.2, 0.25) is 15.9 Å². The number of nitrogens with one attached hydrogen (secondary N) is 2. The van der Waals surface area contributed by atoms with Gasteiger partial charge in [0.25, 0.3) is 5.91 Å². The number of carbonyl (C=O) groups is 2. The number of carbonyl (C=O) groups excluding carboxylic acids is 2. The molecule has 0 spiro atoms. The molecule has 30 heavy (non-hydrogen) atoms. The zero-order valence-electron chi connectivity index (χ0n) is 17.3. The standard InChI is InChI=1S/C21H27N3O5S/c1-16-9-11-17(12-10-16)30(27,28)24(2)15-20(25)23-19-8-5-4-7-18(19)21(26)22-13-6-14-29-3/h4-5,7-12H,6,13-15H2,1-3H3,(H,22,26)(H,23,25). The fourth-order valence-electron chi connectivity index (χ4n) is 2.67. The third kappa shape index (κ3) is 6.38. The Balaban J connectivity index is 2.04. The Morgan fingerprint density at radius 3 is 2.40 bits per heavy atom. The lowest BCUT2D eigenvalue weighted by atomic mass is 10.1. The Labute approximate surface area is 177 Å². The summed E-state index contributed by atoms with van der Waals surface area (Å²) in [4.78, 5) is 25.0. The molecule has 9 heteroatoms. The number of ether oxygens (including phenoxy) is 1. The van der Waals surface area contributed by atoms with Crippen LogP contribution in [0.5, 0.6) is 0 Å². The second kappa shape index (κ2) is 10.9. The molecule has 0 aliphatic heterocycles. The minimum atomic E-state index is -3.81. The predicted molar refractivity (Wildman–Crippen MR) is 115 cm³/mol. The smallest absolute Gasteiger partial charge is 0.253 e. The monoisotopic (exact) mass is 433 g/mol. The van der Waals surface area contributed by atoms with Gasteiger partial charge in [-0.3, -0.25) is 9.59 Å². The molecule has 2 N–H and O–H groups in total. The number of sulfonamides is 1. The van der Waals surface area contributed by atoms with E-state index in [1.54, 1.807) is 43.5 Å². The van der Waals surface area contributed by atoms with Crippen molar-refractivity contribution < 1.29 is 22.7 Å². The van der Waals surface area contributed by atoms with E-state index in [2.05, 4.69) is 10.6 Å². The fourth-order valence-corrected chi connectivity index (χ4v) is 3.80. The number of amides is 2. The van der Waals surface area contributed by atoms with Crippen LogP contribution in [0, 0.1) is 6.92 Å². The van der Waals surface area contributed by atoms with Gasteiger partial charge in [0.05, 0.1) is 22.7 Å². The lowest BCUT2D eigenvalue weighted by Gasteiger charge is -2.18. The van der Waals surface area contributed by atoms with Crippen molar-refractivity contribution in [3.8, 4) is 0 Å². The second-order valence-electron chi connectivity index (χ2n) is 6.77. The van der Waals surface area contributed by atoms with Gasteiger partial charge in [0.1, 0.15) is 0 Å². The van der Waals surface area contributed by atoms with Crippen molar-refractivity contribution in [1.82, 2.24) is 9.62 Å². The van der Waals surface area contributed by atoms with E-state index in [1.807, 2.05) is 6.92 Å². The van der Waals surface area contributed by atoms with Crippen LogP contribution in [0.25, 0.3) is 0 Å². The highest BCUT2D eigenvalue weighted by molar-refractivity contribution is 7.89. The number of hydrogen-bond acceptors (Lipinski definition) is 5.